The Morgan fingerprint density at radius 1 is 1.41 bits per heavy atom. The summed E-state index contributed by atoms with van der Waals surface area (Å²) >= 11 is 0. The molecule has 88 valence electrons. The average Bonchev–Trinajstić information content (AvgIpc) is 2.63. The van der Waals surface area contributed by atoms with Crippen LogP contribution in [0.1, 0.15) is 25.1 Å². The molecule has 0 aliphatic carbocycles. The molecule has 17 heavy (non-hydrogen) atoms. The summed E-state index contributed by atoms with van der Waals surface area (Å²) in [4.78, 5) is 4.42. The van der Waals surface area contributed by atoms with Gasteiger partial charge in [-0.05, 0) is 50.6 Å². The van der Waals surface area contributed by atoms with Crippen LogP contribution in [0.15, 0.2) is 30.5 Å². The number of nitrogens with two attached hydrogens (primary N) is 1. The zero-order valence-corrected chi connectivity index (χ0v) is 10.4. The highest BCUT2D eigenvalue weighted by Gasteiger charge is 2.13. The summed E-state index contributed by atoms with van der Waals surface area (Å²) < 4.78 is 1.99. The Balaban J connectivity index is 2.90. The Morgan fingerprint density at radius 2 is 2.18 bits per heavy atom. The van der Waals surface area contributed by atoms with Crippen molar-refractivity contribution in [2.45, 2.75) is 20.8 Å². The van der Waals surface area contributed by atoms with Gasteiger partial charge in [0.25, 0.3) is 0 Å². The van der Waals surface area contributed by atoms with Crippen molar-refractivity contribution >= 4 is 22.9 Å². The minimum atomic E-state index is 0.704. The molecule has 0 unspecified atom stereocenters. The third-order valence-electron chi connectivity index (χ3n) is 2.91. The lowest BCUT2D eigenvalue weighted by Gasteiger charge is -2.07. The van der Waals surface area contributed by atoms with E-state index in [4.69, 9.17) is 5.73 Å². The smallest absolute Gasteiger partial charge is 0.146 e. The molecule has 2 aromatic rings. The van der Waals surface area contributed by atoms with Crippen molar-refractivity contribution in [2.24, 2.45) is 5.73 Å². The van der Waals surface area contributed by atoms with E-state index in [0.29, 0.717) is 5.82 Å². The van der Waals surface area contributed by atoms with Crippen LogP contribution in [0.3, 0.4) is 0 Å². The van der Waals surface area contributed by atoms with Crippen LogP contribution in [0, 0.1) is 6.92 Å². The second-order valence-corrected chi connectivity index (χ2v) is 3.93. The summed E-state index contributed by atoms with van der Waals surface area (Å²) in [5, 5.41) is 1.14. The molecule has 0 radical (unpaired) electrons. The summed E-state index contributed by atoms with van der Waals surface area (Å²) in [6.07, 6.45) is 7.76. The Kier molecular flexibility index (Phi) is 3.00. The number of rotatable bonds is 2. The number of nitrogens with zero attached hydrogens (tertiary/aromatic N) is 2. The van der Waals surface area contributed by atoms with Crippen molar-refractivity contribution in [3.63, 3.8) is 0 Å². The van der Waals surface area contributed by atoms with Gasteiger partial charge in [-0.3, -0.25) is 4.57 Å². The molecule has 0 aromatic carbocycles. The highest BCUT2D eigenvalue weighted by Crippen LogP contribution is 2.26. The van der Waals surface area contributed by atoms with Crippen LogP contribution in [-0.4, -0.2) is 9.55 Å². The quantitative estimate of drug-likeness (QED) is 0.856. The number of aromatic nitrogens is 2. The van der Waals surface area contributed by atoms with Crippen LogP contribution in [0.25, 0.3) is 22.9 Å². The topological polar surface area (TPSA) is 43.8 Å². The molecule has 2 heterocycles. The van der Waals surface area contributed by atoms with Crippen molar-refractivity contribution in [3.05, 3.63) is 41.7 Å². The summed E-state index contributed by atoms with van der Waals surface area (Å²) in [6.45, 7) is 6.03. The van der Waals surface area contributed by atoms with Crippen LogP contribution in [0.2, 0.25) is 0 Å². The molecule has 0 amide bonds. The Hall–Kier alpha value is -2.03. The van der Waals surface area contributed by atoms with E-state index in [1.165, 1.54) is 5.56 Å². The van der Waals surface area contributed by atoms with Gasteiger partial charge in [0.2, 0.25) is 0 Å². The Morgan fingerprint density at radius 3 is 2.82 bits per heavy atom. The van der Waals surface area contributed by atoms with Gasteiger partial charge in [-0.25, -0.2) is 4.98 Å². The largest absolute Gasteiger partial charge is 0.385 e. The SMILES string of the molecule is CC=C(N)n1c(/C=C\C)c(C)c2cccnc21. The molecule has 0 aliphatic heterocycles. The third kappa shape index (κ3) is 1.73. The van der Waals surface area contributed by atoms with Gasteiger partial charge in [0, 0.05) is 11.6 Å². The fourth-order valence-corrected chi connectivity index (χ4v) is 2.04. The van der Waals surface area contributed by atoms with E-state index in [2.05, 4.69) is 24.1 Å². The fourth-order valence-electron chi connectivity index (χ4n) is 2.04. The summed E-state index contributed by atoms with van der Waals surface area (Å²) in [7, 11) is 0. The zero-order valence-electron chi connectivity index (χ0n) is 10.4. The number of hydrogen-bond acceptors (Lipinski definition) is 2. The van der Waals surface area contributed by atoms with Gasteiger partial charge in [0.15, 0.2) is 0 Å². The maximum Gasteiger partial charge on any atom is 0.146 e. The lowest BCUT2D eigenvalue weighted by atomic mass is 10.2. The Labute approximate surface area is 101 Å². The minimum absolute atomic E-state index is 0.704. The van der Waals surface area contributed by atoms with Crippen molar-refractivity contribution in [1.82, 2.24) is 9.55 Å². The van der Waals surface area contributed by atoms with Crippen molar-refractivity contribution < 1.29 is 0 Å². The van der Waals surface area contributed by atoms with Crippen LogP contribution in [0.4, 0.5) is 0 Å². The number of hydrogen-bond donors (Lipinski definition) is 1. The molecular weight excluding hydrogens is 210 g/mol. The van der Waals surface area contributed by atoms with Crippen LogP contribution >= 0.6 is 0 Å². The molecule has 0 fully saturated rings. The number of fused-ring (bicyclic) bond motifs is 1. The summed E-state index contributed by atoms with van der Waals surface area (Å²) in [5.74, 6) is 0.704. The lowest BCUT2D eigenvalue weighted by molar-refractivity contribution is 1.07. The van der Waals surface area contributed by atoms with E-state index in [9.17, 15) is 0 Å². The highest BCUT2D eigenvalue weighted by molar-refractivity contribution is 5.88. The maximum absolute atomic E-state index is 6.05. The molecule has 3 nitrogen and oxygen atoms in total. The first-order valence-corrected chi connectivity index (χ1v) is 5.71. The maximum atomic E-state index is 6.05. The summed E-state index contributed by atoms with van der Waals surface area (Å²) in [5.41, 5.74) is 9.26. The second-order valence-electron chi connectivity index (χ2n) is 3.93. The van der Waals surface area contributed by atoms with Crippen molar-refractivity contribution in [3.8, 4) is 0 Å². The van der Waals surface area contributed by atoms with E-state index in [-0.39, 0.29) is 0 Å². The first-order chi connectivity index (χ1) is 8.20. The van der Waals surface area contributed by atoms with Crippen LogP contribution in [-0.2, 0) is 0 Å². The molecular formula is C14H17N3. The van der Waals surface area contributed by atoms with E-state index < -0.39 is 0 Å². The lowest BCUT2D eigenvalue weighted by Crippen LogP contribution is -2.08. The van der Waals surface area contributed by atoms with Gasteiger partial charge < -0.3 is 5.73 Å². The number of allylic oxidation sites excluding steroid dienone is 2. The van der Waals surface area contributed by atoms with Crippen LogP contribution in [0.5, 0.6) is 0 Å². The second kappa shape index (κ2) is 4.45. The molecule has 3 heteroatoms. The molecule has 0 saturated carbocycles. The van der Waals surface area contributed by atoms with E-state index in [1.807, 2.05) is 36.6 Å². The molecule has 2 aromatic heterocycles. The standard InChI is InChI=1S/C14H17N3/c1-4-7-12-10(3)11-8-6-9-16-14(11)17(12)13(15)5-2/h4-9H,15H2,1-3H3/b7-4-,13-5?. The van der Waals surface area contributed by atoms with E-state index in [0.717, 1.165) is 16.7 Å². The van der Waals surface area contributed by atoms with Gasteiger partial charge >= 0.3 is 0 Å². The molecule has 2 N–H and O–H groups in total. The van der Waals surface area contributed by atoms with Crippen molar-refractivity contribution in [1.29, 1.82) is 0 Å². The molecule has 0 saturated heterocycles. The minimum Gasteiger partial charge on any atom is -0.385 e. The van der Waals surface area contributed by atoms with E-state index >= 15 is 0 Å². The van der Waals surface area contributed by atoms with Gasteiger partial charge in [0.1, 0.15) is 11.5 Å². The monoisotopic (exact) mass is 227 g/mol. The third-order valence-corrected chi connectivity index (χ3v) is 2.91. The van der Waals surface area contributed by atoms with Gasteiger partial charge in [-0.1, -0.05) is 6.08 Å². The first kappa shape index (κ1) is 11.5. The number of aryl methyl sites for hydroxylation is 1. The fraction of sp³-hybridized carbons (Fsp3) is 0.214. The van der Waals surface area contributed by atoms with E-state index in [1.54, 1.807) is 6.20 Å². The predicted octanol–water partition coefficient (Wildman–Crippen LogP) is 3.15. The average molecular weight is 227 g/mol. The molecule has 2 rings (SSSR count). The number of pyridine rings is 1. The summed E-state index contributed by atoms with van der Waals surface area (Å²) in [6, 6.07) is 4.02. The highest BCUT2D eigenvalue weighted by atomic mass is 15.1. The molecule has 0 atom stereocenters. The van der Waals surface area contributed by atoms with Gasteiger partial charge in [0.05, 0.1) is 5.69 Å². The van der Waals surface area contributed by atoms with Gasteiger partial charge in [-0.2, -0.15) is 0 Å². The van der Waals surface area contributed by atoms with Crippen molar-refractivity contribution in [2.75, 3.05) is 0 Å². The normalized spacial score (nSPS) is 12.8. The molecule has 0 aliphatic rings. The first-order valence-electron chi connectivity index (χ1n) is 5.71. The zero-order chi connectivity index (χ0) is 12.4. The molecule has 0 bridgehead atoms. The predicted molar refractivity (Wildman–Crippen MR) is 73.3 cm³/mol. The van der Waals surface area contributed by atoms with Gasteiger partial charge in [-0.15, -0.1) is 0 Å². The van der Waals surface area contributed by atoms with Crippen LogP contribution < -0.4 is 5.73 Å². The molecule has 0 spiro atoms. The Bertz CT molecular complexity index is 603.